The molecule has 0 aliphatic rings. The van der Waals surface area contributed by atoms with Crippen molar-refractivity contribution in [3.8, 4) is 0 Å². The summed E-state index contributed by atoms with van der Waals surface area (Å²) in [5, 5.41) is 12.4. The van der Waals surface area contributed by atoms with Gasteiger partial charge in [0.1, 0.15) is 0 Å². The van der Waals surface area contributed by atoms with Crippen molar-refractivity contribution in [1.29, 1.82) is 0 Å². The number of carbonyl (C=O) groups excluding carboxylic acids is 3. The number of carbonyl (C=O) groups is 4. The fraction of sp³-hybridized carbons (Fsp3) is 0.391. The number of hydrogen-bond donors (Lipinski definition) is 3. The quantitative estimate of drug-likeness (QED) is 0.257. The Morgan fingerprint density at radius 3 is 2.32 bits per heavy atom. The zero-order valence-corrected chi connectivity index (χ0v) is 18.7. The van der Waals surface area contributed by atoms with E-state index in [4.69, 9.17) is 17.3 Å². The molecule has 8 heteroatoms. The average Bonchev–Trinajstić information content (AvgIpc) is 2.71. The highest BCUT2D eigenvalue weighted by Gasteiger charge is 2.23. The maximum atomic E-state index is 12.0. The number of carboxylic acid groups (broad SMARTS) is 1. The molecule has 0 spiro atoms. The molecule has 31 heavy (non-hydrogen) atoms. The largest absolute Gasteiger partial charge is 0.481 e. The third-order valence-corrected chi connectivity index (χ3v) is 5.13. The molecule has 0 radical (unpaired) electrons. The molecule has 7 nitrogen and oxygen atoms in total. The number of benzene rings is 1. The predicted molar refractivity (Wildman–Crippen MR) is 120 cm³/mol. The summed E-state index contributed by atoms with van der Waals surface area (Å²) in [4.78, 5) is 45.9. The summed E-state index contributed by atoms with van der Waals surface area (Å²) >= 11 is 6.04. The van der Waals surface area contributed by atoms with Crippen molar-refractivity contribution >= 4 is 40.7 Å². The number of Topliss-reactive ketones (excluding diaryl/α,β-unsaturated/α-hetero) is 1. The Labute approximate surface area is 187 Å². The molecule has 168 valence electrons. The number of ketones is 1. The number of allylic oxidation sites excluding steroid dienone is 4. The SMILES string of the molecule is CC=C(Cl)C=C(C)c1ccc(CCC(CC(C)C(=O)O)NC(=O)C(=O)CC(N)=O)cc1. The second-order valence-electron chi connectivity index (χ2n) is 7.45. The van der Waals surface area contributed by atoms with Crippen LogP contribution in [0.25, 0.3) is 5.57 Å². The summed E-state index contributed by atoms with van der Waals surface area (Å²) < 4.78 is 0. The Kier molecular flexibility index (Phi) is 10.7. The van der Waals surface area contributed by atoms with Gasteiger partial charge < -0.3 is 16.2 Å². The first-order chi connectivity index (χ1) is 14.5. The van der Waals surface area contributed by atoms with Gasteiger partial charge in [0.15, 0.2) is 0 Å². The Hall–Kier alpha value is -2.93. The van der Waals surface area contributed by atoms with Crippen molar-refractivity contribution in [2.45, 2.75) is 52.5 Å². The number of amides is 2. The van der Waals surface area contributed by atoms with Crippen LogP contribution in [-0.4, -0.2) is 34.7 Å². The lowest BCUT2D eigenvalue weighted by Gasteiger charge is -2.20. The number of primary amides is 1. The maximum Gasteiger partial charge on any atom is 0.306 e. The summed E-state index contributed by atoms with van der Waals surface area (Å²) in [6, 6.07) is 7.29. The monoisotopic (exact) mass is 448 g/mol. The topological polar surface area (TPSA) is 127 Å². The number of aliphatic carboxylic acids is 1. The molecular formula is C23H29ClN2O5. The van der Waals surface area contributed by atoms with Gasteiger partial charge in [-0.2, -0.15) is 0 Å². The van der Waals surface area contributed by atoms with Crippen molar-refractivity contribution < 1.29 is 24.3 Å². The van der Waals surface area contributed by atoms with Crippen molar-refractivity contribution in [2.24, 2.45) is 11.7 Å². The van der Waals surface area contributed by atoms with E-state index in [1.165, 1.54) is 6.92 Å². The van der Waals surface area contributed by atoms with Gasteiger partial charge in [0.05, 0.1) is 12.3 Å². The van der Waals surface area contributed by atoms with Gasteiger partial charge in [-0.3, -0.25) is 19.2 Å². The van der Waals surface area contributed by atoms with E-state index in [-0.39, 0.29) is 6.42 Å². The standard InChI is InChI=1S/C23H29ClN2O5/c1-4-18(24)11-14(2)17-8-5-16(6-9-17)7-10-19(12-15(3)23(30)31)26-22(29)20(27)13-21(25)28/h4-6,8-9,11,15,19H,7,10,12-13H2,1-3H3,(H2,25,28)(H,26,29)(H,30,31). The van der Waals surface area contributed by atoms with Gasteiger partial charge in [-0.1, -0.05) is 48.9 Å². The highest BCUT2D eigenvalue weighted by Crippen LogP contribution is 2.20. The maximum absolute atomic E-state index is 12.0. The number of nitrogens with one attached hydrogen (secondary N) is 1. The van der Waals surface area contributed by atoms with E-state index in [1.54, 1.807) is 6.08 Å². The molecule has 0 fully saturated rings. The average molecular weight is 449 g/mol. The number of halogens is 1. The molecule has 2 amide bonds. The van der Waals surface area contributed by atoms with E-state index < -0.39 is 41.9 Å². The van der Waals surface area contributed by atoms with Crippen LogP contribution in [0.2, 0.25) is 0 Å². The molecule has 2 atom stereocenters. The van der Waals surface area contributed by atoms with Gasteiger partial charge in [0.2, 0.25) is 11.7 Å². The molecule has 0 aliphatic heterocycles. The molecule has 1 aromatic rings. The number of aryl methyl sites for hydroxylation is 1. The molecule has 0 saturated heterocycles. The first-order valence-electron chi connectivity index (χ1n) is 9.97. The van der Waals surface area contributed by atoms with Crippen LogP contribution < -0.4 is 11.1 Å². The summed E-state index contributed by atoms with van der Waals surface area (Å²) in [5.41, 5.74) is 7.99. The molecule has 2 unspecified atom stereocenters. The summed E-state index contributed by atoms with van der Waals surface area (Å²) in [5.74, 6) is -4.46. The zero-order chi connectivity index (χ0) is 23.6. The van der Waals surface area contributed by atoms with Crippen LogP contribution in [0.1, 0.15) is 51.2 Å². The molecule has 0 bridgehead atoms. The Morgan fingerprint density at radius 1 is 1.19 bits per heavy atom. The van der Waals surface area contributed by atoms with Gasteiger partial charge >= 0.3 is 5.97 Å². The Morgan fingerprint density at radius 2 is 1.81 bits per heavy atom. The molecule has 0 aliphatic carbocycles. The number of rotatable bonds is 12. The van der Waals surface area contributed by atoms with E-state index in [0.29, 0.717) is 17.9 Å². The molecule has 1 aromatic carbocycles. The summed E-state index contributed by atoms with van der Waals surface area (Å²) in [6.45, 7) is 5.35. The van der Waals surface area contributed by atoms with E-state index in [1.807, 2.05) is 44.2 Å². The summed E-state index contributed by atoms with van der Waals surface area (Å²) in [6.07, 6.45) is 4.16. The highest BCUT2D eigenvalue weighted by atomic mass is 35.5. The Bertz CT molecular complexity index is 874. The Balaban J connectivity index is 2.84. The van der Waals surface area contributed by atoms with Gasteiger partial charge in [0, 0.05) is 11.1 Å². The number of hydrogen-bond acceptors (Lipinski definition) is 4. The van der Waals surface area contributed by atoms with Crippen LogP contribution >= 0.6 is 11.6 Å². The predicted octanol–water partition coefficient (Wildman–Crippen LogP) is 3.21. The smallest absolute Gasteiger partial charge is 0.306 e. The number of carboxylic acids is 1. The van der Waals surface area contributed by atoms with E-state index in [2.05, 4.69) is 5.32 Å². The fourth-order valence-electron chi connectivity index (χ4n) is 2.93. The van der Waals surface area contributed by atoms with Crippen molar-refractivity contribution in [2.75, 3.05) is 0 Å². The van der Waals surface area contributed by atoms with Gasteiger partial charge in [-0.25, -0.2) is 0 Å². The fourth-order valence-corrected chi connectivity index (χ4v) is 3.09. The second-order valence-corrected chi connectivity index (χ2v) is 7.88. The first kappa shape index (κ1) is 26.1. The van der Waals surface area contributed by atoms with Crippen molar-refractivity contribution in [3.63, 3.8) is 0 Å². The molecule has 1 rings (SSSR count). The number of nitrogens with two attached hydrogens (primary N) is 1. The highest BCUT2D eigenvalue weighted by molar-refractivity contribution is 6.39. The molecule has 4 N–H and O–H groups in total. The third-order valence-electron chi connectivity index (χ3n) is 4.80. The zero-order valence-electron chi connectivity index (χ0n) is 18.0. The van der Waals surface area contributed by atoms with E-state index in [9.17, 15) is 24.3 Å². The molecule has 0 aromatic heterocycles. The molecular weight excluding hydrogens is 420 g/mol. The van der Waals surface area contributed by atoms with E-state index in [0.717, 1.165) is 16.7 Å². The molecule has 0 heterocycles. The van der Waals surface area contributed by atoms with Crippen LogP contribution in [0.5, 0.6) is 0 Å². The van der Waals surface area contributed by atoms with Gasteiger partial charge in [0.25, 0.3) is 5.91 Å². The minimum absolute atomic E-state index is 0.159. The van der Waals surface area contributed by atoms with Crippen molar-refractivity contribution in [1.82, 2.24) is 5.32 Å². The lowest BCUT2D eigenvalue weighted by molar-refractivity contribution is -0.142. The normalized spacial score (nSPS) is 13.9. The molecule has 0 saturated carbocycles. The third kappa shape index (κ3) is 9.61. The van der Waals surface area contributed by atoms with Crippen LogP contribution in [-0.2, 0) is 25.6 Å². The lowest BCUT2D eigenvalue weighted by atomic mass is 9.95. The minimum Gasteiger partial charge on any atom is -0.481 e. The van der Waals surface area contributed by atoms with Crippen LogP contribution in [0.15, 0.2) is 41.4 Å². The van der Waals surface area contributed by atoms with Crippen LogP contribution in [0, 0.1) is 5.92 Å². The van der Waals surface area contributed by atoms with Crippen molar-refractivity contribution in [3.05, 3.63) is 52.6 Å². The van der Waals surface area contributed by atoms with Crippen LogP contribution in [0.4, 0.5) is 0 Å². The van der Waals surface area contributed by atoms with Gasteiger partial charge in [-0.15, -0.1) is 0 Å². The van der Waals surface area contributed by atoms with E-state index >= 15 is 0 Å². The lowest BCUT2D eigenvalue weighted by Crippen LogP contribution is -2.42. The summed E-state index contributed by atoms with van der Waals surface area (Å²) in [7, 11) is 0. The van der Waals surface area contributed by atoms with Gasteiger partial charge in [-0.05, 0) is 55.9 Å². The van der Waals surface area contributed by atoms with Crippen LogP contribution in [0.3, 0.4) is 0 Å². The second kappa shape index (κ2) is 12.7. The first-order valence-corrected chi connectivity index (χ1v) is 10.4. The minimum atomic E-state index is -0.992.